The maximum Gasteiger partial charge on any atom is 0.224 e. The SMILES string of the molecule is CC(NC(=O)Cc1ccc(N)cc1)C1CCCC1.Cl. The second-order valence-corrected chi connectivity index (χ2v) is 5.32. The van der Waals surface area contributed by atoms with E-state index in [0.717, 1.165) is 11.3 Å². The minimum atomic E-state index is 0. The molecule has 0 saturated heterocycles. The lowest BCUT2D eigenvalue weighted by atomic mass is 9.99. The summed E-state index contributed by atoms with van der Waals surface area (Å²) in [5, 5.41) is 3.11. The molecule has 3 N–H and O–H groups in total. The van der Waals surface area contributed by atoms with Crippen molar-refractivity contribution in [3.63, 3.8) is 0 Å². The Labute approximate surface area is 121 Å². The second-order valence-electron chi connectivity index (χ2n) is 5.32. The molecule has 0 spiro atoms. The monoisotopic (exact) mass is 282 g/mol. The molecule has 3 nitrogen and oxygen atoms in total. The number of rotatable bonds is 4. The molecule has 1 aliphatic carbocycles. The fraction of sp³-hybridized carbons (Fsp3) is 0.533. The van der Waals surface area contributed by atoms with Crippen molar-refractivity contribution >= 4 is 24.0 Å². The zero-order valence-corrected chi connectivity index (χ0v) is 12.2. The highest BCUT2D eigenvalue weighted by Crippen LogP contribution is 2.27. The van der Waals surface area contributed by atoms with Gasteiger partial charge in [0.1, 0.15) is 0 Å². The molecule has 1 saturated carbocycles. The van der Waals surface area contributed by atoms with Crippen molar-refractivity contribution in [1.82, 2.24) is 5.32 Å². The van der Waals surface area contributed by atoms with Crippen LogP contribution in [0, 0.1) is 5.92 Å². The highest BCUT2D eigenvalue weighted by atomic mass is 35.5. The van der Waals surface area contributed by atoms with Crippen LogP contribution in [0.3, 0.4) is 0 Å². The van der Waals surface area contributed by atoms with E-state index < -0.39 is 0 Å². The third kappa shape index (κ3) is 4.75. The van der Waals surface area contributed by atoms with Crippen LogP contribution < -0.4 is 11.1 Å². The Balaban J connectivity index is 0.00000180. The van der Waals surface area contributed by atoms with E-state index in [1.807, 2.05) is 24.3 Å². The highest BCUT2D eigenvalue weighted by Gasteiger charge is 2.22. The van der Waals surface area contributed by atoms with Gasteiger partial charge < -0.3 is 11.1 Å². The van der Waals surface area contributed by atoms with Crippen molar-refractivity contribution in [3.05, 3.63) is 29.8 Å². The predicted octanol–water partition coefficient (Wildman–Crippen LogP) is 2.93. The van der Waals surface area contributed by atoms with Crippen LogP contribution in [0.4, 0.5) is 5.69 Å². The van der Waals surface area contributed by atoms with Gasteiger partial charge in [-0.1, -0.05) is 25.0 Å². The lowest BCUT2D eigenvalue weighted by Crippen LogP contribution is -2.38. The van der Waals surface area contributed by atoms with E-state index in [1.165, 1.54) is 25.7 Å². The van der Waals surface area contributed by atoms with E-state index in [2.05, 4.69) is 12.2 Å². The summed E-state index contributed by atoms with van der Waals surface area (Å²) in [4.78, 5) is 11.9. The Hall–Kier alpha value is -1.22. The first-order chi connectivity index (χ1) is 8.65. The Kier molecular flexibility index (Phi) is 6.16. The van der Waals surface area contributed by atoms with Gasteiger partial charge in [0.05, 0.1) is 6.42 Å². The predicted molar refractivity (Wildman–Crippen MR) is 81.4 cm³/mol. The van der Waals surface area contributed by atoms with Crippen molar-refractivity contribution in [1.29, 1.82) is 0 Å². The normalized spacial score (nSPS) is 16.7. The first-order valence-electron chi connectivity index (χ1n) is 6.79. The average molecular weight is 283 g/mol. The first-order valence-corrected chi connectivity index (χ1v) is 6.79. The summed E-state index contributed by atoms with van der Waals surface area (Å²) in [5.41, 5.74) is 7.37. The van der Waals surface area contributed by atoms with Crippen LogP contribution in [0.1, 0.15) is 38.2 Å². The van der Waals surface area contributed by atoms with Gasteiger partial charge in [-0.25, -0.2) is 0 Å². The van der Waals surface area contributed by atoms with E-state index in [1.54, 1.807) is 0 Å². The van der Waals surface area contributed by atoms with Crippen LogP contribution in [0.5, 0.6) is 0 Å². The molecule has 0 heterocycles. The summed E-state index contributed by atoms with van der Waals surface area (Å²) < 4.78 is 0. The zero-order valence-electron chi connectivity index (χ0n) is 11.4. The standard InChI is InChI=1S/C15H22N2O.ClH/c1-11(13-4-2-3-5-13)17-15(18)10-12-6-8-14(16)9-7-12;/h6-9,11,13H,2-5,10,16H2,1H3,(H,17,18);1H. The summed E-state index contributed by atoms with van der Waals surface area (Å²) >= 11 is 0. The maximum atomic E-state index is 11.9. The topological polar surface area (TPSA) is 55.1 Å². The zero-order chi connectivity index (χ0) is 13.0. The van der Waals surface area contributed by atoms with Crippen molar-refractivity contribution in [3.8, 4) is 0 Å². The Morgan fingerprint density at radius 1 is 1.32 bits per heavy atom. The molecule has 0 bridgehead atoms. The molecule has 1 unspecified atom stereocenters. The minimum absolute atomic E-state index is 0. The molecule has 0 aliphatic heterocycles. The average Bonchev–Trinajstić information content (AvgIpc) is 2.85. The molecule has 1 amide bonds. The smallest absolute Gasteiger partial charge is 0.224 e. The summed E-state index contributed by atoms with van der Waals surface area (Å²) in [6.07, 6.45) is 5.57. The summed E-state index contributed by atoms with van der Waals surface area (Å²) in [6.45, 7) is 2.12. The molecule has 1 fully saturated rings. The van der Waals surface area contributed by atoms with Gasteiger partial charge in [-0.05, 0) is 43.4 Å². The summed E-state index contributed by atoms with van der Waals surface area (Å²) in [5.74, 6) is 0.777. The third-order valence-electron chi connectivity index (χ3n) is 3.84. The Morgan fingerprint density at radius 3 is 2.47 bits per heavy atom. The van der Waals surface area contributed by atoms with Crippen molar-refractivity contribution < 1.29 is 4.79 Å². The number of halogens is 1. The van der Waals surface area contributed by atoms with Crippen molar-refractivity contribution in [2.24, 2.45) is 5.92 Å². The number of anilines is 1. The number of carbonyl (C=O) groups is 1. The lowest BCUT2D eigenvalue weighted by Gasteiger charge is -2.20. The van der Waals surface area contributed by atoms with E-state index in [-0.39, 0.29) is 18.3 Å². The van der Waals surface area contributed by atoms with Crippen LogP contribution in [0.25, 0.3) is 0 Å². The number of benzene rings is 1. The van der Waals surface area contributed by atoms with Gasteiger partial charge in [0.25, 0.3) is 0 Å². The third-order valence-corrected chi connectivity index (χ3v) is 3.84. The second kappa shape index (κ2) is 7.39. The van der Waals surface area contributed by atoms with Crippen LogP contribution in [0.2, 0.25) is 0 Å². The van der Waals surface area contributed by atoms with Crippen molar-refractivity contribution in [2.45, 2.75) is 45.1 Å². The molecule has 0 aromatic heterocycles. The minimum Gasteiger partial charge on any atom is -0.399 e. The van der Waals surface area contributed by atoms with Gasteiger partial charge in [0, 0.05) is 11.7 Å². The fourth-order valence-corrected chi connectivity index (χ4v) is 2.70. The fourth-order valence-electron chi connectivity index (χ4n) is 2.70. The summed E-state index contributed by atoms with van der Waals surface area (Å²) in [7, 11) is 0. The molecule has 4 heteroatoms. The molecule has 2 rings (SSSR count). The number of nitrogens with one attached hydrogen (secondary N) is 1. The quantitative estimate of drug-likeness (QED) is 0.834. The van der Waals surface area contributed by atoms with E-state index in [9.17, 15) is 4.79 Å². The van der Waals surface area contributed by atoms with E-state index in [0.29, 0.717) is 18.4 Å². The molecular weight excluding hydrogens is 260 g/mol. The number of carbonyl (C=O) groups excluding carboxylic acids is 1. The molecule has 1 aromatic rings. The first kappa shape index (κ1) is 15.8. The number of hydrogen-bond donors (Lipinski definition) is 2. The van der Waals surface area contributed by atoms with E-state index >= 15 is 0 Å². The number of amides is 1. The van der Waals surface area contributed by atoms with Gasteiger partial charge in [-0.3, -0.25) is 4.79 Å². The lowest BCUT2D eigenvalue weighted by molar-refractivity contribution is -0.121. The van der Waals surface area contributed by atoms with E-state index in [4.69, 9.17) is 5.73 Å². The highest BCUT2D eigenvalue weighted by molar-refractivity contribution is 5.85. The van der Waals surface area contributed by atoms with Gasteiger partial charge in [-0.2, -0.15) is 0 Å². The Morgan fingerprint density at radius 2 is 1.89 bits per heavy atom. The van der Waals surface area contributed by atoms with Gasteiger partial charge in [0.2, 0.25) is 5.91 Å². The number of nitrogens with two attached hydrogens (primary N) is 1. The van der Waals surface area contributed by atoms with Crippen LogP contribution in [-0.2, 0) is 11.2 Å². The summed E-state index contributed by atoms with van der Waals surface area (Å²) in [6, 6.07) is 7.80. The molecule has 19 heavy (non-hydrogen) atoms. The molecule has 1 aromatic carbocycles. The Bertz CT molecular complexity index is 399. The van der Waals surface area contributed by atoms with Crippen LogP contribution in [-0.4, -0.2) is 11.9 Å². The molecule has 0 radical (unpaired) electrons. The number of nitrogen functional groups attached to an aromatic ring is 1. The molecule has 106 valence electrons. The van der Waals surface area contributed by atoms with Crippen LogP contribution in [0.15, 0.2) is 24.3 Å². The molecule has 1 aliphatic rings. The number of hydrogen-bond acceptors (Lipinski definition) is 2. The van der Waals surface area contributed by atoms with Gasteiger partial charge in [-0.15, -0.1) is 12.4 Å². The molecule has 1 atom stereocenters. The van der Waals surface area contributed by atoms with Gasteiger partial charge >= 0.3 is 0 Å². The largest absolute Gasteiger partial charge is 0.399 e. The van der Waals surface area contributed by atoms with Crippen LogP contribution >= 0.6 is 12.4 Å². The van der Waals surface area contributed by atoms with Crippen molar-refractivity contribution in [2.75, 3.05) is 5.73 Å². The van der Waals surface area contributed by atoms with Gasteiger partial charge in [0.15, 0.2) is 0 Å². The molecular formula is C15H23ClN2O. The maximum absolute atomic E-state index is 11.9.